The van der Waals surface area contributed by atoms with Crippen LogP contribution >= 0.6 is 0 Å². The first-order chi connectivity index (χ1) is 8.95. The summed E-state index contributed by atoms with van der Waals surface area (Å²) in [5.41, 5.74) is 0.0403. The standard InChI is InChI=1S/C12H8F2N2O3/c1-6-4-9(11(17)18)16-12(15-6)19-10-5-7(13)2-3-8(10)14/h2-5H,1H3,(H,17,18). The fourth-order valence-electron chi connectivity index (χ4n) is 1.35. The molecule has 0 bridgehead atoms. The van der Waals surface area contributed by atoms with Crippen molar-refractivity contribution in [2.24, 2.45) is 0 Å². The molecule has 5 nitrogen and oxygen atoms in total. The highest BCUT2D eigenvalue weighted by molar-refractivity contribution is 5.85. The predicted molar refractivity (Wildman–Crippen MR) is 60.2 cm³/mol. The number of nitrogens with zero attached hydrogens (tertiary/aromatic N) is 2. The van der Waals surface area contributed by atoms with Crippen LogP contribution in [0.2, 0.25) is 0 Å². The molecule has 7 heteroatoms. The average molecular weight is 266 g/mol. The first-order valence-electron chi connectivity index (χ1n) is 5.17. The second-order valence-electron chi connectivity index (χ2n) is 3.66. The van der Waals surface area contributed by atoms with Crippen molar-refractivity contribution in [3.8, 4) is 11.8 Å². The number of halogens is 2. The fourth-order valence-corrected chi connectivity index (χ4v) is 1.35. The van der Waals surface area contributed by atoms with Gasteiger partial charge < -0.3 is 9.84 Å². The van der Waals surface area contributed by atoms with E-state index in [0.29, 0.717) is 5.69 Å². The van der Waals surface area contributed by atoms with Gasteiger partial charge in [-0.25, -0.2) is 18.6 Å². The number of carboxylic acid groups (broad SMARTS) is 1. The molecule has 1 heterocycles. The van der Waals surface area contributed by atoms with E-state index in [-0.39, 0.29) is 11.7 Å². The zero-order chi connectivity index (χ0) is 14.0. The third kappa shape index (κ3) is 3.01. The van der Waals surface area contributed by atoms with Crippen LogP contribution < -0.4 is 4.74 Å². The summed E-state index contributed by atoms with van der Waals surface area (Å²) in [6, 6.07) is 3.51. The molecule has 0 radical (unpaired) electrons. The number of hydrogen-bond donors (Lipinski definition) is 1. The highest BCUT2D eigenvalue weighted by Gasteiger charge is 2.12. The van der Waals surface area contributed by atoms with Crippen LogP contribution in [0.3, 0.4) is 0 Å². The van der Waals surface area contributed by atoms with Crippen molar-refractivity contribution in [3.63, 3.8) is 0 Å². The maximum Gasteiger partial charge on any atom is 0.354 e. The number of carboxylic acids is 1. The highest BCUT2D eigenvalue weighted by Crippen LogP contribution is 2.23. The van der Waals surface area contributed by atoms with Crippen molar-refractivity contribution in [2.75, 3.05) is 0 Å². The molecule has 1 aromatic heterocycles. The molecule has 19 heavy (non-hydrogen) atoms. The molecular weight excluding hydrogens is 258 g/mol. The summed E-state index contributed by atoms with van der Waals surface area (Å²) >= 11 is 0. The monoisotopic (exact) mass is 266 g/mol. The minimum Gasteiger partial charge on any atom is -0.477 e. The number of ether oxygens (including phenoxy) is 1. The van der Waals surface area contributed by atoms with E-state index in [1.807, 2.05) is 0 Å². The van der Waals surface area contributed by atoms with Crippen LogP contribution in [0.5, 0.6) is 11.8 Å². The summed E-state index contributed by atoms with van der Waals surface area (Å²) in [7, 11) is 0. The largest absolute Gasteiger partial charge is 0.477 e. The Balaban J connectivity index is 2.38. The molecule has 2 aromatic rings. The van der Waals surface area contributed by atoms with Gasteiger partial charge in [-0.2, -0.15) is 4.98 Å². The highest BCUT2D eigenvalue weighted by atomic mass is 19.1. The molecule has 0 saturated heterocycles. The van der Waals surface area contributed by atoms with Crippen molar-refractivity contribution in [3.05, 3.63) is 47.3 Å². The third-order valence-electron chi connectivity index (χ3n) is 2.15. The Morgan fingerprint density at radius 2 is 2.00 bits per heavy atom. The summed E-state index contributed by atoms with van der Waals surface area (Å²) in [6.45, 7) is 1.53. The van der Waals surface area contributed by atoms with Gasteiger partial charge in [-0.05, 0) is 25.1 Å². The Hall–Kier alpha value is -2.57. The lowest BCUT2D eigenvalue weighted by atomic mass is 10.3. The first-order valence-corrected chi connectivity index (χ1v) is 5.17. The van der Waals surface area contributed by atoms with Gasteiger partial charge in [0.15, 0.2) is 17.3 Å². The van der Waals surface area contributed by atoms with Gasteiger partial charge in [0, 0.05) is 11.8 Å². The van der Waals surface area contributed by atoms with E-state index < -0.39 is 23.4 Å². The van der Waals surface area contributed by atoms with Crippen molar-refractivity contribution < 1.29 is 23.4 Å². The zero-order valence-electron chi connectivity index (χ0n) is 9.72. The Morgan fingerprint density at radius 1 is 1.26 bits per heavy atom. The zero-order valence-corrected chi connectivity index (χ0v) is 9.72. The van der Waals surface area contributed by atoms with Crippen molar-refractivity contribution in [1.82, 2.24) is 9.97 Å². The summed E-state index contributed by atoms with van der Waals surface area (Å²) in [4.78, 5) is 18.2. The van der Waals surface area contributed by atoms with Gasteiger partial charge >= 0.3 is 12.0 Å². The number of benzene rings is 1. The normalized spacial score (nSPS) is 10.3. The molecule has 0 amide bonds. The van der Waals surface area contributed by atoms with E-state index >= 15 is 0 Å². The number of aromatic nitrogens is 2. The van der Waals surface area contributed by atoms with Crippen LogP contribution in [0.4, 0.5) is 8.78 Å². The lowest BCUT2D eigenvalue weighted by Crippen LogP contribution is -2.05. The van der Waals surface area contributed by atoms with Crippen LogP contribution in [0, 0.1) is 18.6 Å². The number of carbonyl (C=O) groups is 1. The second kappa shape index (κ2) is 4.97. The molecule has 0 unspecified atom stereocenters. The second-order valence-corrected chi connectivity index (χ2v) is 3.66. The molecule has 0 aliphatic carbocycles. The molecule has 0 aliphatic heterocycles. The van der Waals surface area contributed by atoms with Crippen LogP contribution in [-0.2, 0) is 0 Å². The predicted octanol–water partition coefficient (Wildman–Crippen LogP) is 2.55. The Labute approximate surface area is 106 Å². The van der Waals surface area contributed by atoms with E-state index in [0.717, 1.165) is 18.2 Å². The molecule has 98 valence electrons. The summed E-state index contributed by atoms with van der Waals surface area (Å²) in [6.07, 6.45) is 0. The molecule has 1 N–H and O–H groups in total. The smallest absolute Gasteiger partial charge is 0.354 e. The average Bonchev–Trinajstić information content (AvgIpc) is 2.33. The minimum absolute atomic E-state index is 0.292. The van der Waals surface area contributed by atoms with Crippen LogP contribution in [0.25, 0.3) is 0 Å². The van der Waals surface area contributed by atoms with Crippen LogP contribution in [0.15, 0.2) is 24.3 Å². The van der Waals surface area contributed by atoms with E-state index in [2.05, 4.69) is 9.97 Å². The van der Waals surface area contributed by atoms with E-state index in [1.165, 1.54) is 13.0 Å². The van der Waals surface area contributed by atoms with Crippen molar-refractivity contribution in [2.45, 2.75) is 6.92 Å². The van der Waals surface area contributed by atoms with E-state index in [4.69, 9.17) is 9.84 Å². The molecule has 1 aromatic carbocycles. The van der Waals surface area contributed by atoms with Crippen LogP contribution in [-0.4, -0.2) is 21.0 Å². The molecule has 0 spiro atoms. The molecule has 2 rings (SSSR count). The number of rotatable bonds is 3. The number of aromatic carboxylic acids is 1. The van der Waals surface area contributed by atoms with Gasteiger partial charge in [-0.15, -0.1) is 0 Å². The molecule has 0 saturated carbocycles. The van der Waals surface area contributed by atoms with Gasteiger partial charge in [-0.1, -0.05) is 0 Å². The lowest BCUT2D eigenvalue weighted by molar-refractivity contribution is 0.0689. The van der Waals surface area contributed by atoms with Crippen LogP contribution in [0.1, 0.15) is 16.2 Å². The first kappa shape index (κ1) is 12.9. The molecule has 0 atom stereocenters. The Bertz CT molecular complexity index is 647. The van der Waals surface area contributed by atoms with Crippen molar-refractivity contribution in [1.29, 1.82) is 0 Å². The minimum atomic E-state index is -1.27. The molecule has 0 fully saturated rings. The fraction of sp³-hybridized carbons (Fsp3) is 0.0833. The summed E-state index contributed by atoms with van der Waals surface area (Å²) in [5, 5.41) is 8.82. The van der Waals surface area contributed by atoms with Gasteiger partial charge in [-0.3, -0.25) is 0 Å². The topological polar surface area (TPSA) is 72.3 Å². The maximum atomic E-state index is 13.4. The molecule has 0 aliphatic rings. The number of hydrogen-bond acceptors (Lipinski definition) is 4. The maximum absolute atomic E-state index is 13.4. The number of aryl methyl sites for hydroxylation is 1. The Morgan fingerprint density at radius 3 is 2.68 bits per heavy atom. The summed E-state index contributed by atoms with van der Waals surface area (Å²) in [5.74, 6) is -3.18. The van der Waals surface area contributed by atoms with Gasteiger partial charge in [0.1, 0.15) is 5.82 Å². The van der Waals surface area contributed by atoms with Gasteiger partial charge in [0.2, 0.25) is 0 Å². The summed E-state index contributed by atoms with van der Waals surface area (Å²) < 4.78 is 31.3. The van der Waals surface area contributed by atoms with E-state index in [1.54, 1.807) is 0 Å². The van der Waals surface area contributed by atoms with Crippen molar-refractivity contribution >= 4 is 5.97 Å². The Kier molecular flexibility index (Phi) is 3.37. The lowest BCUT2D eigenvalue weighted by Gasteiger charge is -2.06. The van der Waals surface area contributed by atoms with E-state index in [9.17, 15) is 13.6 Å². The molecular formula is C12H8F2N2O3. The SMILES string of the molecule is Cc1cc(C(=O)O)nc(Oc2cc(F)ccc2F)n1. The van der Waals surface area contributed by atoms with Gasteiger partial charge in [0.25, 0.3) is 0 Å². The third-order valence-corrected chi connectivity index (χ3v) is 2.15. The quantitative estimate of drug-likeness (QED) is 0.924. The van der Waals surface area contributed by atoms with Gasteiger partial charge in [0.05, 0.1) is 0 Å².